The fourth-order valence-corrected chi connectivity index (χ4v) is 3.82. The summed E-state index contributed by atoms with van der Waals surface area (Å²) in [6, 6.07) is 23.7. The Morgan fingerprint density at radius 3 is 2.24 bits per heavy atom. The molecule has 0 saturated carbocycles. The van der Waals surface area contributed by atoms with Crippen LogP contribution in [0, 0.1) is 20.8 Å². The average Bonchev–Trinajstić information content (AvgIpc) is 2.61. The summed E-state index contributed by atoms with van der Waals surface area (Å²) >= 11 is 0. The van der Waals surface area contributed by atoms with Crippen molar-refractivity contribution in [2.75, 3.05) is 0 Å². The van der Waals surface area contributed by atoms with E-state index in [2.05, 4.69) is 92.5 Å². The summed E-state index contributed by atoms with van der Waals surface area (Å²) in [5, 5.41) is 2.49. The molecule has 0 aliphatic heterocycles. The second-order valence-corrected chi connectivity index (χ2v) is 6.73. The van der Waals surface area contributed by atoms with Gasteiger partial charge in [-0.15, -0.1) is 0 Å². The van der Waals surface area contributed by atoms with Crippen LogP contribution in [0.3, 0.4) is 0 Å². The van der Waals surface area contributed by atoms with Crippen LogP contribution in [0.1, 0.15) is 16.7 Å². The van der Waals surface area contributed by atoms with Gasteiger partial charge in [0.15, 0.2) is 0 Å². The number of rotatable bonds is 2. The van der Waals surface area contributed by atoms with Crippen molar-refractivity contribution in [1.82, 2.24) is 4.98 Å². The van der Waals surface area contributed by atoms with Crippen LogP contribution < -0.4 is 0 Å². The van der Waals surface area contributed by atoms with Crippen LogP contribution in [0.4, 0.5) is 0 Å². The van der Waals surface area contributed by atoms with E-state index >= 15 is 0 Å². The topological polar surface area (TPSA) is 12.9 Å². The normalized spacial score (nSPS) is 11.0. The van der Waals surface area contributed by atoms with Crippen molar-refractivity contribution in [3.8, 4) is 22.4 Å². The Balaban J connectivity index is 1.91. The lowest BCUT2D eigenvalue weighted by molar-refractivity contribution is 1.29. The minimum atomic E-state index is 1.02. The van der Waals surface area contributed by atoms with Crippen molar-refractivity contribution in [3.05, 3.63) is 89.6 Å². The van der Waals surface area contributed by atoms with Gasteiger partial charge in [0.25, 0.3) is 0 Å². The third-order valence-electron chi connectivity index (χ3n) is 4.79. The van der Waals surface area contributed by atoms with Gasteiger partial charge in [0, 0.05) is 11.8 Å². The Labute approximate surface area is 149 Å². The molecule has 0 spiro atoms. The third-order valence-corrected chi connectivity index (χ3v) is 4.79. The molecule has 3 aromatic carbocycles. The zero-order valence-corrected chi connectivity index (χ0v) is 14.9. The van der Waals surface area contributed by atoms with Gasteiger partial charge in [-0.2, -0.15) is 0 Å². The van der Waals surface area contributed by atoms with Gasteiger partial charge in [-0.05, 0) is 65.9 Å². The number of benzene rings is 3. The maximum atomic E-state index is 4.66. The van der Waals surface area contributed by atoms with E-state index in [1.165, 1.54) is 44.2 Å². The number of pyridine rings is 1. The van der Waals surface area contributed by atoms with Crippen LogP contribution in [0.5, 0.6) is 0 Å². The fourth-order valence-electron chi connectivity index (χ4n) is 3.82. The molecule has 0 fully saturated rings. The van der Waals surface area contributed by atoms with Crippen molar-refractivity contribution in [2.24, 2.45) is 0 Å². The van der Waals surface area contributed by atoms with Crippen LogP contribution in [0.25, 0.3) is 33.2 Å². The van der Waals surface area contributed by atoms with E-state index in [9.17, 15) is 0 Å². The second kappa shape index (κ2) is 6.18. The molecule has 0 atom stereocenters. The highest BCUT2D eigenvalue weighted by Crippen LogP contribution is 2.33. The second-order valence-electron chi connectivity index (χ2n) is 6.73. The van der Waals surface area contributed by atoms with Crippen molar-refractivity contribution in [3.63, 3.8) is 0 Å². The van der Waals surface area contributed by atoms with Crippen molar-refractivity contribution < 1.29 is 0 Å². The number of aryl methyl sites for hydroxylation is 3. The van der Waals surface area contributed by atoms with E-state index in [0.717, 1.165) is 5.69 Å². The van der Waals surface area contributed by atoms with E-state index in [1.54, 1.807) is 0 Å². The first kappa shape index (κ1) is 15.6. The highest BCUT2D eigenvalue weighted by Gasteiger charge is 2.10. The van der Waals surface area contributed by atoms with Crippen molar-refractivity contribution in [2.45, 2.75) is 20.8 Å². The molecular formula is C24H21N. The van der Waals surface area contributed by atoms with Gasteiger partial charge in [-0.1, -0.05) is 60.2 Å². The smallest absolute Gasteiger partial charge is 0.0714 e. The van der Waals surface area contributed by atoms with Crippen LogP contribution in [-0.4, -0.2) is 4.98 Å². The molecule has 0 aliphatic carbocycles. The first-order chi connectivity index (χ1) is 12.1. The zero-order valence-electron chi connectivity index (χ0n) is 14.9. The summed E-state index contributed by atoms with van der Waals surface area (Å²) in [7, 11) is 0. The number of nitrogens with zero attached hydrogens (tertiary/aromatic N) is 1. The summed E-state index contributed by atoms with van der Waals surface area (Å²) in [6.07, 6.45) is 1.92. The molecule has 0 unspecified atom stereocenters. The summed E-state index contributed by atoms with van der Waals surface area (Å²) in [6.45, 7) is 6.53. The van der Waals surface area contributed by atoms with E-state index in [-0.39, 0.29) is 0 Å². The lowest BCUT2D eigenvalue weighted by atomic mass is 9.93. The lowest BCUT2D eigenvalue weighted by Gasteiger charge is -2.13. The number of hydrogen-bond acceptors (Lipinski definition) is 1. The molecule has 0 bridgehead atoms. The summed E-state index contributed by atoms with van der Waals surface area (Å²) in [5.41, 5.74) is 8.68. The molecule has 0 saturated heterocycles. The van der Waals surface area contributed by atoms with Gasteiger partial charge >= 0.3 is 0 Å². The summed E-state index contributed by atoms with van der Waals surface area (Å²) in [5.74, 6) is 0. The van der Waals surface area contributed by atoms with Gasteiger partial charge in [0.2, 0.25) is 0 Å². The molecule has 0 aliphatic rings. The van der Waals surface area contributed by atoms with Gasteiger partial charge in [-0.25, -0.2) is 0 Å². The highest BCUT2D eigenvalue weighted by atomic mass is 14.7. The van der Waals surface area contributed by atoms with E-state index in [0.29, 0.717) is 0 Å². The maximum Gasteiger partial charge on any atom is 0.0714 e. The van der Waals surface area contributed by atoms with E-state index < -0.39 is 0 Å². The van der Waals surface area contributed by atoms with Gasteiger partial charge in [-0.3, -0.25) is 4.98 Å². The Morgan fingerprint density at radius 1 is 0.720 bits per heavy atom. The summed E-state index contributed by atoms with van der Waals surface area (Å²) in [4.78, 5) is 4.66. The van der Waals surface area contributed by atoms with E-state index in [4.69, 9.17) is 0 Å². The first-order valence-corrected chi connectivity index (χ1v) is 8.66. The van der Waals surface area contributed by atoms with Crippen molar-refractivity contribution in [1.29, 1.82) is 0 Å². The minimum absolute atomic E-state index is 1.02. The minimum Gasteiger partial charge on any atom is -0.256 e. The first-order valence-electron chi connectivity index (χ1n) is 8.66. The standard InChI is InChI=1S/C24H21N/c1-16-13-17(2)24(18(3)14-16)20-11-12-25-23(15-20)22-10-6-8-19-7-4-5-9-21(19)22/h4-15H,1-3H3. The quantitative estimate of drug-likeness (QED) is 0.410. The Hall–Kier alpha value is -2.93. The van der Waals surface area contributed by atoms with Crippen LogP contribution >= 0.6 is 0 Å². The predicted molar refractivity (Wildman–Crippen MR) is 107 cm³/mol. The average molecular weight is 323 g/mol. The Bertz CT molecular complexity index is 1050. The van der Waals surface area contributed by atoms with Crippen LogP contribution in [0.2, 0.25) is 0 Å². The van der Waals surface area contributed by atoms with Gasteiger partial charge in [0.1, 0.15) is 0 Å². The zero-order chi connectivity index (χ0) is 17.4. The molecule has 1 nitrogen and oxygen atoms in total. The van der Waals surface area contributed by atoms with Crippen LogP contribution in [0.15, 0.2) is 72.9 Å². The lowest BCUT2D eigenvalue weighted by Crippen LogP contribution is -1.92. The molecule has 0 amide bonds. The molecule has 4 aromatic rings. The SMILES string of the molecule is Cc1cc(C)c(-c2ccnc(-c3cccc4ccccc34)c2)c(C)c1. The molecule has 1 heterocycles. The largest absolute Gasteiger partial charge is 0.256 e. The fraction of sp³-hybridized carbons (Fsp3) is 0.125. The van der Waals surface area contributed by atoms with Gasteiger partial charge in [0.05, 0.1) is 5.69 Å². The van der Waals surface area contributed by atoms with E-state index in [1.807, 2.05) is 6.20 Å². The number of aromatic nitrogens is 1. The monoisotopic (exact) mass is 323 g/mol. The molecule has 25 heavy (non-hydrogen) atoms. The number of hydrogen-bond donors (Lipinski definition) is 0. The van der Waals surface area contributed by atoms with Crippen molar-refractivity contribution >= 4 is 10.8 Å². The third kappa shape index (κ3) is 2.83. The molecule has 122 valence electrons. The predicted octanol–water partition coefficient (Wildman–Crippen LogP) is 6.49. The Morgan fingerprint density at radius 2 is 1.44 bits per heavy atom. The number of fused-ring (bicyclic) bond motifs is 1. The van der Waals surface area contributed by atoms with Crippen LogP contribution in [-0.2, 0) is 0 Å². The molecule has 0 radical (unpaired) electrons. The molecular weight excluding hydrogens is 302 g/mol. The molecule has 4 rings (SSSR count). The van der Waals surface area contributed by atoms with Gasteiger partial charge < -0.3 is 0 Å². The molecule has 0 N–H and O–H groups in total. The maximum absolute atomic E-state index is 4.66. The summed E-state index contributed by atoms with van der Waals surface area (Å²) < 4.78 is 0. The molecule has 1 heteroatoms. The Kier molecular flexibility index (Phi) is 3.85. The highest BCUT2D eigenvalue weighted by molar-refractivity contribution is 5.96. The molecule has 1 aromatic heterocycles.